The molecule has 4 N–H and O–H groups in total. The number of sulfonamides is 1. The smallest absolute Gasteiger partial charge is 0.328 e. The van der Waals surface area contributed by atoms with Gasteiger partial charge in [0.1, 0.15) is 4.90 Å². The molecule has 0 saturated heterocycles. The average Bonchev–Trinajstić information content (AvgIpc) is 2.13. The molecule has 100 valence electrons. The van der Waals surface area contributed by atoms with Crippen molar-refractivity contribution in [2.75, 3.05) is 5.73 Å². The maximum absolute atomic E-state index is 11.9. The Hall–Kier alpha value is -1.47. The largest absolute Gasteiger partial charge is 0.399 e. The van der Waals surface area contributed by atoms with E-state index in [1.54, 1.807) is 13.8 Å². The van der Waals surface area contributed by atoms with E-state index in [0.717, 1.165) is 0 Å². The first-order valence-electron chi connectivity index (χ1n) is 5.10. The highest BCUT2D eigenvalue weighted by Crippen LogP contribution is 2.23. The number of nitrogens with two attached hydrogens (primary N) is 1. The van der Waals surface area contributed by atoms with Gasteiger partial charge in [0, 0.05) is 11.7 Å². The molecule has 1 aromatic carbocycles. The van der Waals surface area contributed by atoms with E-state index in [-0.39, 0.29) is 16.0 Å². The lowest BCUT2D eigenvalue weighted by Crippen LogP contribution is -2.42. The van der Waals surface area contributed by atoms with Crippen molar-refractivity contribution in [1.29, 1.82) is 0 Å². The Kier molecular flexibility index (Phi) is 4.42. The van der Waals surface area contributed by atoms with Gasteiger partial charge in [0.05, 0.1) is 5.02 Å². The third-order valence-electron chi connectivity index (χ3n) is 1.89. The summed E-state index contributed by atoms with van der Waals surface area (Å²) >= 11 is 5.77. The molecule has 0 aromatic heterocycles. The molecule has 1 aromatic rings. The number of hydrogen-bond donors (Lipinski definition) is 3. The Morgan fingerprint density at radius 3 is 2.50 bits per heavy atom. The van der Waals surface area contributed by atoms with Gasteiger partial charge in [-0.15, -0.1) is 0 Å². The van der Waals surface area contributed by atoms with Crippen LogP contribution in [0.2, 0.25) is 5.02 Å². The van der Waals surface area contributed by atoms with Crippen LogP contribution in [-0.2, 0) is 10.0 Å². The van der Waals surface area contributed by atoms with E-state index in [9.17, 15) is 13.2 Å². The second kappa shape index (κ2) is 5.45. The molecule has 1 rings (SSSR count). The van der Waals surface area contributed by atoms with Crippen LogP contribution in [0.15, 0.2) is 23.1 Å². The highest BCUT2D eigenvalue weighted by molar-refractivity contribution is 7.90. The fourth-order valence-corrected chi connectivity index (χ4v) is 2.67. The zero-order chi connectivity index (χ0) is 13.9. The lowest BCUT2D eigenvalue weighted by molar-refractivity contribution is 0.243. The van der Waals surface area contributed by atoms with Crippen molar-refractivity contribution < 1.29 is 13.2 Å². The first kappa shape index (κ1) is 14.6. The van der Waals surface area contributed by atoms with Crippen LogP contribution in [0.1, 0.15) is 13.8 Å². The van der Waals surface area contributed by atoms with Crippen LogP contribution in [0.4, 0.5) is 10.5 Å². The molecule has 0 heterocycles. The van der Waals surface area contributed by atoms with Gasteiger partial charge in [-0.2, -0.15) is 0 Å². The zero-order valence-corrected chi connectivity index (χ0v) is 11.5. The number of carbonyl (C=O) groups excluding carboxylic acids is 1. The number of benzene rings is 1. The van der Waals surface area contributed by atoms with Crippen molar-refractivity contribution in [1.82, 2.24) is 10.0 Å². The Balaban J connectivity index is 2.97. The number of anilines is 1. The maximum atomic E-state index is 11.9. The third kappa shape index (κ3) is 3.78. The van der Waals surface area contributed by atoms with Crippen LogP contribution in [0, 0.1) is 0 Å². The molecule has 0 bridgehead atoms. The fraction of sp³-hybridized carbons (Fsp3) is 0.300. The van der Waals surface area contributed by atoms with Gasteiger partial charge < -0.3 is 11.1 Å². The number of nitrogens with one attached hydrogen (secondary N) is 2. The van der Waals surface area contributed by atoms with Crippen LogP contribution >= 0.6 is 11.6 Å². The summed E-state index contributed by atoms with van der Waals surface area (Å²) in [5.74, 6) is 0. The SMILES string of the molecule is CC(C)NC(=O)NS(=O)(=O)c1ccc(N)cc1Cl. The van der Waals surface area contributed by atoms with Gasteiger partial charge >= 0.3 is 6.03 Å². The summed E-state index contributed by atoms with van der Waals surface area (Å²) < 4.78 is 25.6. The zero-order valence-electron chi connectivity index (χ0n) is 9.90. The molecule has 2 amide bonds. The molecule has 0 unspecified atom stereocenters. The van der Waals surface area contributed by atoms with Crippen molar-refractivity contribution in [3.05, 3.63) is 23.2 Å². The third-order valence-corrected chi connectivity index (χ3v) is 3.71. The van der Waals surface area contributed by atoms with E-state index in [4.69, 9.17) is 17.3 Å². The number of rotatable bonds is 3. The number of halogens is 1. The van der Waals surface area contributed by atoms with E-state index in [2.05, 4.69) is 5.32 Å². The number of nitrogen functional groups attached to an aromatic ring is 1. The Bertz CT molecular complexity index is 557. The van der Waals surface area contributed by atoms with Crippen molar-refractivity contribution in [2.24, 2.45) is 0 Å². The number of amides is 2. The molecular formula is C10H14ClN3O3S. The summed E-state index contributed by atoms with van der Waals surface area (Å²) in [7, 11) is -4.00. The second-order valence-electron chi connectivity index (χ2n) is 3.92. The summed E-state index contributed by atoms with van der Waals surface area (Å²) in [5.41, 5.74) is 5.80. The van der Waals surface area contributed by atoms with Gasteiger partial charge in [-0.3, -0.25) is 0 Å². The summed E-state index contributed by atoms with van der Waals surface area (Å²) in [6, 6.07) is 2.94. The lowest BCUT2D eigenvalue weighted by Gasteiger charge is -2.11. The summed E-state index contributed by atoms with van der Waals surface area (Å²) in [6.07, 6.45) is 0. The molecule has 6 nitrogen and oxygen atoms in total. The van der Waals surface area contributed by atoms with E-state index in [1.165, 1.54) is 18.2 Å². The number of carbonyl (C=O) groups is 1. The minimum atomic E-state index is -4.00. The van der Waals surface area contributed by atoms with Crippen LogP contribution < -0.4 is 15.8 Å². The summed E-state index contributed by atoms with van der Waals surface area (Å²) in [6.45, 7) is 3.42. The molecule has 0 atom stereocenters. The van der Waals surface area contributed by atoms with Gasteiger partial charge in [0.2, 0.25) is 0 Å². The first-order valence-corrected chi connectivity index (χ1v) is 6.97. The predicted molar refractivity (Wildman–Crippen MR) is 69.9 cm³/mol. The van der Waals surface area contributed by atoms with Crippen LogP contribution in [-0.4, -0.2) is 20.5 Å². The highest BCUT2D eigenvalue weighted by atomic mass is 35.5. The molecule has 8 heteroatoms. The molecule has 0 aliphatic carbocycles. The monoisotopic (exact) mass is 291 g/mol. The van der Waals surface area contributed by atoms with Crippen molar-refractivity contribution in [3.63, 3.8) is 0 Å². The molecular weight excluding hydrogens is 278 g/mol. The topological polar surface area (TPSA) is 101 Å². The maximum Gasteiger partial charge on any atom is 0.328 e. The molecule has 0 spiro atoms. The average molecular weight is 292 g/mol. The fourth-order valence-electron chi connectivity index (χ4n) is 1.20. The van der Waals surface area contributed by atoms with Gasteiger partial charge in [0.25, 0.3) is 10.0 Å². The van der Waals surface area contributed by atoms with Gasteiger partial charge in [-0.05, 0) is 32.0 Å². The second-order valence-corrected chi connectivity index (χ2v) is 5.98. The molecule has 18 heavy (non-hydrogen) atoms. The molecule has 0 radical (unpaired) electrons. The Morgan fingerprint density at radius 2 is 2.00 bits per heavy atom. The van der Waals surface area contributed by atoms with E-state index < -0.39 is 16.1 Å². The van der Waals surface area contributed by atoms with Crippen LogP contribution in [0.5, 0.6) is 0 Å². The Labute approximate surface area is 111 Å². The van der Waals surface area contributed by atoms with Crippen molar-refractivity contribution in [2.45, 2.75) is 24.8 Å². The van der Waals surface area contributed by atoms with E-state index in [0.29, 0.717) is 5.69 Å². The van der Waals surface area contributed by atoms with Gasteiger partial charge in [0.15, 0.2) is 0 Å². The minimum absolute atomic E-state index is 0.0418. The van der Waals surface area contributed by atoms with Gasteiger partial charge in [-0.1, -0.05) is 11.6 Å². The highest BCUT2D eigenvalue weighted by Gasteiger charge is 2.20. The van der Waals surface area contributed by atoms with E-state index in [1.807, 2.05) is 4.72 Å². The quantitative estimate of drug-likeness (QED) is 0.731. The van der Waals surface area contributed by atoms with Crippen LogP contribution in [0.3, 0.4) is 0 Å². The predicted octanol–water partition coefficient (Wildman–Crippen LogP) is 1.32. The van der Waals surface area contributed by atoms with Crippen molar-refractivity contribution in [3.8, 4) is 0 Å². The molecule has 0 saturated carbocycles. The lowest BCUT2D eigenvalue weighted by atomic mass is 10.3. The van der Waals surface area contributed by atoms with Crippen molar-refractivity contribution >= 4 is 33.3 Å². The van der Waals surface area contributed by atoms with Gasteiger partial charge in [-0.25, -0.2) is 17.9 Å². The standard InChI is InChI=1S/C10H14ClN3O3S/c1-6(2)13-10(15)14-18(16,17)9-4-3-7(12)5-8(9)11/h3-6H,12H2,1-2H3,(H2,13,14,15). The molecule has 0 fully saturated rings. The summed E-state index contributed by atoms with van der Waals surface area (Å²) in [4.78, 5) is 11.2. The van der Waals surface area contributed by atoms with E-state index >= 15 is 0 Å². The summed E-state index contributed by atoms with van der Waals surface area (Å²) in [5, 5.41) is 2.36. The minimum Gasteiger partial charge on any atom is -0.399 e. The molecule has 0 aliphatic rings. The molecule has 0 aliphatic heterocycles. The first-order chi connectivity index (χ1) is 8.22. The number of urea groups is 1. The Morgan fingerprint density at radius 1 is 1.39 bits per heavy atom. The van der Waals surface area contributed by atoms with Crippen LogP contribution in [0.25, 0.3) is 0 Å². The normalized spacial score (nSPS) is 11.3. The number of hydrogen-bond acceptors (Lipinski definition) is 4.